The molecule has 154 valence electrons. The SMILES string of the molecule is COC(=O)c1nc(NC(=O)C2CC(=O)N(CCc3ccccc3OC)C2)sc1C. The van der Waals surface area contributed by atoms with E-state index in [1.54, 1.807) is 18.9 Å². The summed E-state index contributed by atoms with van der Waals surface area (Å²) in [5, 5.41) is 3.05. The van der Waals surface area contributed by atoms with E-state index in [9.17, 15) is 14.4 Å². The van der Waals surface area contributed by atoms with Crippen LogP contribution in [0.4, 0.5) is 5.13 Å². The first-order valence-corrected chi connectivity index (χ1v) is 10.0. The summed E-state index contributed by atoms with van der Waals surface area (Å²) < 4.78 is 10.0. The number of esters is 1. The molecule has 1 N–H and O–H groups in total. The van der Waals surface area contributed by atoms with Crippen LogP contribution in [-0.2, 0) is 20.7 Å². The molecule has 1 atom stereocenters. The number of methoxy groups -OCH3 is 2. The Morgan fingerprint density at radius 3 is 2.79 bits per heavy atom. The fourth-order valence-electron chi connectivity index (χ4n) is 3.27. The largest absolute Gasteiger partial charge is 0.496 e. The van der Waals surface area contributed by atoms with Crippen molar-refractivity contribution in [3.8, 4) is 5.75 Å². The molecule has 2 heterocycles. The third kappa shape index (κ3) is 4.73. The van der Waals surface area contributed by atoms with Gasteiger partial charge in [-0.25, -0.2) is 9.78 Å². The Morgan fingerprint density at radius 1 is 1.31 bits per heavy atom. The lowest BCUT2D eigenvalue weighted by Crippen LogP contribution is -2.30. The Labute approximate surface area is 172 Å². The van der Waals surface area contributed by atoms with Crippen molar-refractivity contribution in [2.24, 2.45) is 5.92 Å². The summed E-state index contributed by atoms with van der Waals surface area (Å²) >= 11 is 1.20. The molecule has 1 aromatic heterocycles. The molecular formula is C20H23N3O5S. The van der Waals surface area contributed by atoms with Gasteiger partial charge in [0.25, 0.3) is 0 Å². The average Bonchev–Trinajstić information content (AvgIpc) is 3.28. The van der Waals surface area contributed by atoms with Crippen molar-refractivity contribution in [3.63, 3.8) is 0 Å². The molecule has 0 aliphatic carbocycles. The maximum Gasteiger partial charge on any atom is 0.357 e. The van der Waals surface area contributed by atoms with E-state index in [0.29, 0.717) is 29.5 Å². The fourth-order valence-corrected chi connectivity index (χ4v) is 4.08. The number of aryl methyl sites for hydroxylation is 1. The van der Waals surface area contributed by atoms with Gasteiger partial charge in [0.1, 0.15) is 5.75 Å². The maximum atomic E-state index is 12.6. The average molecular weight is 417 g/mol. The number of para-hydroxylation sites is 1. The monoisotopic (exact) mass is 417 g/mol. The first kappa shape index (κ1) is 20.8. The summed E-state index contributed by atoms with van der Waals surface area (Å²) in [6.45, 7) is 2.61. The molecule has 1 aliphatic heterocycles. The summed E-state index contributed by atoms with van der Waals surface area (Å²) in [6.07, 6.45) is 0.810. The van der Waals surface area contributed by atoms with E-state index in [0.717, 1.165) is 11.3 Å². The highest BCUT2D eigenvalue weighted by Crippen LogP contribution is 2.26. The van der Waals surface area contributed by atoms with E-state index >= 15 is 0 Å². The van der Waals surface area contributed by atoms with Crippen LogP contribution in [0, 0.1) is 12.8 Å². The topological polar surface area (TPSA) is 97.8 Å². The minimum absolute atomic E-state index is 0.0504. The number of hydrogen-bond acceptors (Lipinski definition) is 7. The summed E-state index contributed by atoms with van der Waals surface area (Å²) in [4.78, 5) is 43.1. The number of nitrogens with one attached hydrogen (secondary N) is 1. The van der Waals surface area contributed by atoms with E-state index in [4.69, 9.17) is 4.74 Å². The Kier molecular flexibility index (Phi) is 6.48. The lowest BCUT2D eigenvalue weighted by molar-refractivity contribution is -0.128. The highest BCUT2D eigenvalue weighted by Gasteiger charge is 2.34. The number of benzene rings is 1. The number of hydrogen-bond donors (Lipinski definition) is 1. The minimum atomic E-state index is -0.544. The van der Waals surface area contributed by atoms with Crippen molar-refractivity contribution in [2.45, 2.75) is 19.8 Å². The number of anilines is 1. The molecule has 1 unspecified atom stereocenters. The van der Waals surface area contributed by atoms with Crippen molar-refractivity contribution in [1.82, 2.24) is 9.88 Å². The molecule has 3 rings (SSSR count). The van der Waals surface area contributed by atoms with Crippen molar-refractivity contribution in [3.05, 3.63) is 40.4 Å². The molecule has 0 saturated carbocycles. The highest BCUT2D eigenvalue weighted by molar-refractivity contribution is 7.16. The molecule has 0 spiro atoms. The van der Waals surface area contributed by atoms with Crippen LogP contribution in [0.15, 0.2) is 24.3 Å². The van der Waals surface area contributed by atoms with Crippen molar-refractivity contribution in [2.75, 3.05) is 32.6 Å². The van der Waals surface area contributed by atoms with Gasteiger partial charge in [-0.2, -0.15) is 0 Å². The molecule has 29 heavy (non-hydrogen) atoms. The van der Waals surface area contributed by atoms with Crippen LogP contribution in [0.25, 0.3) is 0 Å². The van der Waals surface area contributed by atoms with E-state index in [-0.39, 0.29) is 23.9 Å². The third-order valence-corrected chi connectivity index (χ3v) is 5.72. The highest BCUT2D eigenvalue weighted by atomic mass is 32.1. The Balaban J connectivity index is 1.58. The number of likely N-dealkylation sites (tertiary alicyclic amines) is 1. The number of carbonyl (C=O) groups excluding carboxylic acids is 3. The second-order valence-corrected chi connectivity index (χ2v) is 7.91. The Bertz CT molecular complexity index is 927. The van der Waals surface area contributed by atoms with Crippen LogP contribution >= 0.6 is 11.3 Å². The van der Waals surface area contributed by atoms with Gasteiger partial charge < -0.3 is 19.7 Å². The summed E-state index contributed by atoms with van der Waals surface area (Å²) in [7, 11) is 2.90. The van der Waals surface area contributed by atoms with Crippen LogP contribution in [-0.4, -0.2) is 55.0 Å². The van der Waals surface area contributed by atoms with Gasteiger partial charge in [-0.3, -0.25) is 9.59 Å². The van der Waals surface area contributed by atoms with Gasteiger partial charge in [0, 0.05) is 24.4 Å². The summed E-state index contributed by atoms with van der Waals surface area (Å²) in [5.41, 5.74) is 1.21. The smallest absolute Gasteiger partial charge is 0.357 e. The Morgan fingerprint density at radius 2 is 2.07 bits per heavy atom. The number of carbonyl (C=O) groups is 3. The van der Waals surface area contributed by atoms with Gasteiger partial charge in [-0.15, -0.1) is 11.3 Å². The van der Waals surface area contributed by atoms with E-state index in [1.165, 1.54) is 18.4 Å². The van der Waals surface area contributed by atoms with Crippen LogP contribution in [0.1, 0.15) is 27.3 Å². The zero-order valence-corrected chi connectivity index (χ0v) is 17.4. The number of nitrogens with zero attached hydrogens (tertiary/aromatic N) is 2. The van der Waals surface area contributed by atoms with Crippen LogP contribution < -0.4 is 10.1 Å². The van der Waals surface area contributed by atoms with Gasteiger partial charge in [-0.1, -0.05) is 18.2 Å². The predicted octanol–water partition coefficient (Wildman–Crippen LogP) is 2.28. The number of rotatable bonds is 7. The second-order valence-electron chi connectivity index (χ2n) is 6.71. The van der Waals surface area contributed by atoms with Crippen molar-refractivity contribution in [1.29, 1.82) is 0 Å². The molecule has 0 radical (unpaired) electrons. The molecule has 1 saturated heterocycles. The molecule has 8 nitrogen and oxygen atoms in total. The van der Waals surface area contributed by atoms with E-state index < -0.39 is 11.9 Å². The summed E-state index contributed by atoms with van der Waals surface area (Å²) in [6, 6.07) is 7.68. The predicted molar refractivity (Wildman–Crippen MR) is 108 cm³/mol. The number of ether oxygens (including phenoxy) is 2. The van der Waals surface area contributed by atoms with E-state index in [2.05, 4.69) is 15.0 Å². The van der Waals surface area contributed by atoms with Gasteiger partial charge in [0.15, 0.2) is 10.8 Å². The zero-order chi connectivity index (χ0) is 21.0. The molecule has 9 heteroatoms. The Hall–Kier alpha value is -2.94. The molecule has 1 aromatic carbocycles. The third-order valence-electron chi connectivity index (χ3n) is 4.83. The van der Waals surface area contributed by atoms with Crippen molar-refractivity contribution >= 4 is 34.3 Å². The summed E-state index contributed by atoms with van der Waals surface area (Å²) in [5.74, 6) is -0.535. The molecule has 1 fully saturated rings. The van der Waals surface area contributed by atoms with Gasteiger partial charge in [0.2, 0.25) is 11.8 Å². The maximum absolute atomic E-state index is 12.6. The van der Waals surface area contributed by atoms with Crippen LogP contribution in [0.3, 0.4) is 0 Å². The van der Waals surface area contributed by atoms with Crippen LogP contribution in [0.5, 0.6) is 5.75 Å². The minimum Gasteiger partial charge on any atom is -0.496 e. The number of amides is 2. The normalized spacial score (nSPS) is 16.0. The number of thiazole rings is 1. The van der Waals surface area contributed by atoms with Crippen molar-refractivity contribution < 1.29 is 23.9 Å². The molecule has 2 aromatic rings. The lowest BCUT2D eigenvalue weighted by Gasteiger charge is -2.17. The second kappa shape index (κ2) is 9.04. The van der Waals surface area contributed by atoms with E-state index in [1.807, 2.05) is 24.3 Å². The van der Waals surface area contributed by atoms with Gasteiger partial charge in [-0.05, 0) is 25.0 Å². The first-order valence-electron chi connectivity index (χ1n) is 9.19. The van der Waals surface area contributed by atoms with Gasteiger partial charge >= 0.3 is 5.97 Å². The quantitative estimate of drug-likeness (QED) is 0.694. The zero-order valence-electron chi connectivity index (χ0n) is 16.6. The van der Waals surface area contributed by atoms with Crippen LogP contribution in [0.2, 0.25) is 0 Å². The lowest BCUT2D eigenvalue weighted by atomic mass is 10.1. The molecular weight excluding hydrogens is 394 g/mol. The fraction of sp³-hybridized carbons (Fsp3) is 0.400. The molecule has 2 amide bonds. The molecule has 0 bridgehead atoms. The standard InChI is InChI=1S/C20H23N3O5S/c1-12-17(19(26)28-3)21-20(29-12)22-18(25)14-10-16(24)23(11-14)9-8-13-6-4-5-7-15(13)27-2/h4-7,14H,8-11H2,1-3H3,(H,21,22,25). The molecule has 1 aliphatic rings. The van der Waals surface area contributed by atoms with Gasteiger partial charge in [0.05, 0.1) is 20.1 Å². The number of aromatic nitrogens is 1. The first-order chi connectivity index (χ1) is 13.9.